The van der Waals surface area contributed by atoms with Crippen LogP contribution in [-0.2, 0) is 11.2 Å². The number of hydrogen-bond acceptors (Lipinski definition) is 2. The Bertz CT molecular complexity index is 392. The van der Waals surface area contributed by atoms with Gasteiger partial charge in [0.25, 0.3) is 0 Å². The van der Waals surface area contributed by atoms with Gasteiger partial charge in [0, 0.05) is 5.56 Å². The SMILES string of the molecule is N#CCNC(=O)Cc1c(F)cccc1F. The topological polar surface area (TPSA) is 52.9 Å². The molecule has 0 radical (unpaired) electrons. The maximum absolute atomic E-state index is 13.0. The van der Waals surface area contributed by atoms with Gasteiger partial charge in [0.1, 0.15) is 18.2 Å². The number of amides is 1. The molecule has 5 heteroatoms. The molecule has 1 N–H and O–H groups in total. The summed E-state index contributed by atoms with van der Waals surface area (Å²) in [6.45, 7) is -0.172. The lowest BCUT2D eigenvalue weighted by atomic mass is 10.1. The predicted molar refractivity (Wildman–Crippen MR) is 48.7 cm³/mol. The summed E-state index contributed by atoms with van der Waals surface area (Å²) >= 11 is 0. The van der Waals surface area contributed by atoms with Crippen molar-refractivity contribution in [1.29, 1.82) is 5.26 Å². The van der Waals surface area contributed by atoms with Gasteiger partial charge in [-0.15, -0.1) is 0 Å². The maximum Gasteiger partial charge on any atom is 0.225 e. The summed E-state index contributed by atoms with van der Waals surface area (Å²) < 4.78 is 26.1. The Morgan fingerprint density at radius 2 is 2.00 bits per heavy atom. The standard InChI is InChI=1S/C10H8F2N2O/c11-8-2-1-3-9(12)7(8)6-10(15)14-5-4-13/h1-3H,5-6H2,(H,14,15). The normalized spacial score (nSPS) is 9.40. The number of hydrogen-bond donors (Lipinski definition) is 1. The van der Waals surface area contributed by atoms with Crippen LogP contribution in [0.15, 0.2) is 18.2 Å². The highest BCUT2D eigenvalue weighted by molar-refractivity contribution is 5.78. The number of rotatable bonds is 3. The highest BCUT2D eigenvalue weighted by atomic mass is 19.1. The molecule has 0 atom stereocenters. The molecule has 0 saturated heterocycles. The molecule has 0 bridgehead atoms. The van der Waals surface area contributed by atoms with E-state index in [1.165, 1.54) is 6.07 Å². The fraction of sp³-hybridized carbons (Fsp3) is 0.200. The molecule has 3 nitrogen and oxygen atoms in total. The molecule has 0 aromatic heterocycles. The summed E-state index contributed by atoms with van der Waals surface area (Å²) in [7, 11) is 0. The van der Waals surface area contributed by atoms with Crippen LogP contribution in [0.4, 0.5) is 8.78 Å². The van der Waals surface area contributed by atoms with E-state index in [-0.39, 0.29) is 12.1 Å². The summed E-state index contributed by atoms with van der Waals surface area (Å²) in [5, 5.41) is 10.4. The van der Waals surface area contributed by atoms with Crippen molar-refractivity contribution >= 4 is 5.91 Å². The van der Waals surface area contributed by atoms with Crippen molar-refractivity contribution in [3.8, 4) is 6.07 Å². The molecule has 1 aromatic carbocycles. The van der Waals surface area contributed by atoms with E-state index in [9.17, 15) is 13.6 Å². The van der Waals surface area contributed by atoms with Gasteiger partial charge in [0.05, 0.1) is 12.5 Å². The van der Waals surface area contributed by atoms with Gasteiger partial charge in [-0.2, -0.15) is 5.26 Å². The summed E-state index contributed by atoms with van der Waals surface area (Å²) in [5.41, 5.74) is -0.284. The third kappa shape index (κ3) is 3.02. The van der Waals surface area contributed by atoms with Crippen LogP contribution < -0.4 is 5.32 Å². The second-order valence-corrected chi connectivity index (χ2v) is 2.81. The van der Waals surface area contributed by atoms with Gasteiger partial charge in [-0.05, 0) is 12.1 Å². The van der Waals surface area contributed by atoms with E-state index in [0.717, 1.165) is 12.1 Å². The van der Waals surface area contributed by atoms with Crippen LogP contribution in [0, 0.1) is 23.0 Å². The van der Waals surface area contributed by atoms with Gasteiger partial charge in [0.2, 0.25) is 5.91 Å². The van der Waals surface area contributed by atoms with Crippen molar-refractivity contribution in [1.82, 2.24) is 5.32 Å². The molecule has 0 heterocycles. The molecule has 0 aliphatic heterocycles. The molecule has 1 aromatic rings. The lowest BCUT2D eigenvalue weighted by molar-refractivity contribution is -0.120. The smallest absolute Gasteiger partial charge is 0.225 e. The number of benzene rings is 1. The largest absolute Gasteiger partial charge is 0.343 e. The van der Waals surface area contributed by atoms with Crippen LogP contribution in [-0.4, -0.2) is 12.5 Å². The van der Waals surface area contributed by atoms with E-state index >= 15 is 0 Å². The molecule has 78 valence electrons. The van der Waals surface area contributed by atoms with E-state index in [2.05, 4.69) is 5.32 Å². The van der Waals surface area contributed by atoms with E-state index < -0.39 is 24.0 Å². The quantitative estimate of drug-likeness (QED) is 0.761. The van der Waals surface area contributed by atoms with E-state index in [0.29, 0.717) is 0 Å². The molecule has 1 rings (SSSR count). The first kappa shape index (κ1) is 11.1. The minimum absolute atomic E-state index is 0.172. The Kier molecular flexibility index (Phi) is 3.75. The Morgan fingerprint density at radius 1 is 1.40 bits per heavy atom. The number of nitriles is 1. The van der Waals surface area contributed by atoms with Gasteiger partial charge in [-0.1, -0.05) is 6.07 Å². The van der Waals surface area contributed by atoms with Gasteiger partial charge in [0.15, 0.2) is 0 Å². The fourth-order valence-electron chi connectivity index (χ4n) is 1.06. The molecule has 0 spiro atoms. The van der Waals surface area contributed by atoms with Crippen LogP contribution in [0.25, 0.3) is 0 Å². The van der Waals surface area contributed by atoms with Crippen molar-refractivity contribution in [2.75, 3.05) is 6.54 Å². The zero-order chi connectivity index (χ0) is 11.3. The first-order valence-corrected chi connectivity index (χ1v) is 4.21. The summed E-state index contributed by atoms with van der Waals surface area (Å²) in [4.78, 5) is 11.1. The number of nitrogens with one attached hydrogen (secondary N) is 1. The molecular formula is C10H8F2N2O. The zero-order valence-electron chi connectivity index (χ0n) is 7.76. The van der Waals surface area contributed by atoms with Crippen LogP contribution in [0.3, 0.4) is 0 Å². The Labute approximate surface area is 85.3 Å². The lowest BCUT2D eigenvalue weighted by Crippen LogP contribution is -2.26. The second-order valence-electron chi connectivity index (χ2n) is 2.81. The lowest BCUT2D eigenvalue weighted by Gasteiger charge is -2.03. The number of halogens is 2. The van der Waals surface area contributed by atoms with Crippen LogP contribution >= 0.6 is 0 Å². The van der Waals surface area contributed by atoms with E-state index in [4.69, 9.17) is 5.26 Å². The maximum atomic E-state index is 13.0. The van der Waals surface area contributed by atoms with Gasteiger partial charge < -0.3 is 5.32 Å². The monoisotopic (exact) mass is 210 g/mol. The molecule has 0 saturated carbocycles. The van der Waals surface area contributed by atoms with Crippen molar-refractivity contribution in [2.24, 2.45) is 0 Å². The van der Waals surface area contributed by atoms with Crippen LogP contribution in [0.1, 0.15) is 5.56 Å². The second kappa shape index (κ2) is 5.05. The highest BCUT2D eigenvalue weighted by Gasteiger charge is 2.12. The van der Waals surface area contributed by atoms with Crippen molar-refractivity contribution in [3.63, 3.8) is 0 Å². The third-order valence-corrected chi connectivity index (χ3v) is 1.76. The molecule has 15 heavy (non-hydrogen) atoms. The first-order chi connectivity index (χ1) is 7.15. The Morgan fingerprint density at radius 3 is 2.53 bits per heavy atom. The fourth-order valence-corrected chi connectivity index (χ4v) is 1.06. The average molecular weight is 210 g/mol. The molecule has 0 fully saturated rings. The molecule has 1 amide bonds. The predicted octanol–water partition coefficient (Wildman–Crippen LogP) is 1.15. The third-order valence-electron chi connectivity index (χ3n) is 1.76. The first-order valence-electron chi connectivity index (χ1n) is 4.21. The number of carbonyl (C=O) groups is 1. The summed E-state index contributed by atoms with van der Waals surface area (Å²) in [5.74, 6) is -2.11. The van der Waals surface area contributed by atoms with Crippen molar-refractivity contribution in [3.05, 3.63) is 35.4 Å². The van der Waals surface area contributed by atoms with Crippen molar-refractivity contribution < 1.29 is 13.6 Å². The zero-order valence-corrected chi connectivity index (χ0v) is 7.76. The minimum atomic E-state index is -0.762. The van der Waals surface area contributed by atoms with E-state index in [1.807, 2.05) is 0 Å². The Balaban J connectivity index is 2.73. The molecule has 0 unspecified atom stereocenters. The van der Waals surface area contributed by atoms with Crippen LogP contribution in [0.2, 0.25) is 0 Å². The van der Waals surface area contributed by atoms with Crippen molar-refractivity contribution in [2.45, 2.75) is 6.42 Å². The molecule has 0 aliphatic carbocycles. The summed E-state index contributed by atoms with van der Waals surface area (Å²) in [6, 6.07) is 5.08. The number of carbonyl (C=O) groups excluding carboxylic acids is 1. The van der Waals surface area contributed by atoms with E-state index in [1.54, 1.807) is 6.07 Å². The Hall–Kier alpha value is -1.96. The van der Waals surface area contributed by atoms with Gasteiger partial charge >= 0.3 is 0 Å². The average Bonchev–Trinajstić information content (AvgIpc) is 2.21. The van der Waals surface area contributed by atoms with Gasteiger partial charge in [-0.25, -0.2) is 8.78 Å². The molecule has 0 aliphatic rings. The summed E-state index contributed by atoms with van der Waals surface area (Å²) in [6.07, 6.45) is -0.403. The minimum Gasteiger partial charge on any atom is -0.343 e. The van der Waals surface area contributed by atoms with Gasteiger partial charge in [-0.3, -0.25) is 4.79 Å². The highest BCUT2D eigenvalue weighted by Crippen LogP contribution is 2.12. The van der Waals surface area contributed by atoms with Crippen LogP contribution in [0.5, 0.6) is 0 Å². The number of nitrogens with zero attached hydrogens (tertiary/aromatic N) is 1. The molecular weight excluding hydrogens is 202 g/mol.